The Morgan fingerprint density at radius 3 is 2.35 bits per heavy atom. The first-order valence-corrected chi connectivity index (χ1v) is 6.38. The van der Waals surface area contributed by atoms with E-state index in [2.05, 4.69) is 0 Å². The molecule has 0 amide bonds. The van der Waals surface area contributed by atoms with Crippen LogP contribution in [0.25, 0.3) is 0 Å². The Kier molecular flexibility index (Phi) is 5.59. The van der Waals surface area contributed by atoms with E-state index in [1.807, 2.05) is 17.9 Å². The van der Waals surface area contributed by atoms with Gasteiger partial charge < -0.3 is 10.0 Å². The van der Waals surface area contributed by atoms with Gasteiger partial charge in [-0.2, -0.15) is 0 Å². The Morgan fingerprint density at radius 1 is 1.29 bits per heavy atom. The van der Waals surface area contributed by atoms with E-state index in [0.717, 1.165) is 5.56 Å². The van der Waals surface area contributed by atoms with Crippen LogP contribution in [-0.4, -0.2) is 35.9 Å². The molecule has 0 atom stereocenters. The Balaban J connectivity index is 3.19. The van der Waals surface area contributed by atoms with E-state index in [0.29, 0.717) is 36.1 Å². The zero-order chi connectivity index (χ0) is 12.8. The molecule has 0 saturated carbocycles. The highest BCUT2D eigenvalue weighted by molar-refractivity contribution is 6.18. The van der Waals surface area contributed by atoms with Crippen molar-refractivity contribution < 1.29 is 9.90 Å². The lowest BCUT2D eigenvalue weighted by Gasteiger charge is -2.26. The maximum atomic E-state index is 11.2. The van der Waals surface area contributed by atoms with Crippen molar-refractivity contribution in [2.24, 2.45) is 0 Å². The predicted molar refractivity (Wildman–Crippen MR) is 71.8 cm³/mol. The zero-order valence-electron chi connectivity index (χ0n) is 9.62. The van der Waals surface area contributed by atoms with Gasteiger partial charge >= 0.3 is 5.97 Å². The third kappa shape index (κ3) is 3.51. The number of carboxylic acid groups (broad SMARTS) is 1. The molecule has 0 saturated heterocycles. The molecule has 1 aromatic carbocycles. The summed E-state index contributed by atoms with van der Waals surface area (Å²) in [6, 6.07) is 5.22. The first kappa shape index (κ1) is 14.1. The van der Waals surface area contributed by atoms with E-state index in [1.165, 1.54) is 0 Å². The molecular formula is C12H15Cl2NO2. The van der Waals surface area contributed by atoms with Crippen LogP contribution < -0.4 is 4.90 Å². The number of carbonyl (C=O) groups is 1. The molecule has 0 aliphatic heterocycles. The second-order valence-corrected chi connectivity index (χ2v) is 4.40. The number of hydrogen-bond acceptors (Lipinski definition) is 2. The number of halogens is 2. The minimum Gasteiger partial charge on any atom is -0.478 e. The largest absolute Gasteiger partial charge is 0.478 e. The number of aryl methyl sites for hydroxylation is 1. The van der Waals surface area contributed by atoms with E-state index in [4.69, 9.17) is 23.2 Å². The fourth-order valence-electron chi connectivity index (χ4n) is 1.79. The molecule has 1 aromatic rings. The third-order valence-corrected chi connectivity index (χ3v) is 2.83. The summed E-state index contributed by atoms with van der Waals surface area (Å²) in [5.74, 6) is -0.0629. The molecule has 0 unspecified atom stereocenters. The number of hydrogen-bond donors (Lipinski definition) is 1. The topological polar surface area (TPSA) is 40.5 Å². The van der Waals surface area contributed by atoms with E-state index in [1.54, 1.807) is 12.1 Å². The smallest absolute Gasteiger partial charge is 0.337 e. The summed E-state index contributed by atoms with van der Waals surface area (Å²) in [6.45, 7) is 3.05. The van der Waals surface area contributed by atoms with Crippen molar-refractivity contribution in [2.45, 2.75) is 6.92 Å². The molecule has 3 nitrogen and oxygen atoms in total. The van der Waals surface area contributed by atoms with Crippen LogP contribution in [0, 0.1) is 6.92 Å². The van der Waals surface area contributed by atoms with Crippen LogP contribution in [0.1, 0.15) is 15.9 Å². The van der Waals surface area contributed by atoms with E-state index >= 15 is 0 Å². The van der Waals surface area contributed by atoms with Crippen molar-refractivity contribution in [1.29, 1.82) is 0 Å². The molecule has 0 bridgehead atoms. The summed E-state index contributed by atoms with van der Waals surface area (Å²) in [5, 5.41) is 9.18. The highest BCUT2D eigenvalue weighted by Gasteiger charge is 2.17. The standard InChI is InChI=1S/C12H15Cl2NO2/c1-9-3-2-4-10(12(16)17)11(9)15(7-5-13)8-6-14/h2-4H,5-8H2,1H3,(H,16,17). The van der Waals surface area contributed by atoms with Gasteiger partial charge in [0.15, 0.2) is 0 Å². The van der Waals surface area contributed by atoms with E-state index in [-0.39, 0.29) is 0 Å². The average molecular weight is 276 g/mol. The summed E-state index contributed by atoms with van der Waals surface area (Å²) in [5.41, 5.74) is 1.92. The summed E-state index contributed by atoms with van der Waals surface area (Å²) in [7, 11) is 0. The number of benzene rings is 1. The van der Waals surface area contributed by atoms with Crippen LogP contribution in [0.2, 0.25) is 0 Å². The molecule has 94 valence electrons. The number of aromatic carboxylic acids is 1. The molecule has 0 heterocycles. The molecule has 0 radical (unpaired) electrons. The maximum Gasteiger partial charge on any atom is 0.337 e. The normalized spacial score (nSPS) is 10.3. The van der Waals surface area contributed by atoms with Crippen molar-refractivity contribution in [3.05, 3.63) is 29.3 Å². The fraction of sp³-hybridized carbons (Fsp3) is 0.417. The van der Waals surface area contributed by atoms with Gasteiger partial charge in [0, 0.05) is 24.8 Å². The van der Waals surface area contributed by atoms with Crippen LogP contribution in [-0.2, 0) is 0 Å². The van der Waals surface area contributed by atoms with Crippen molar-refractivity contribution in [3.63, 3.8) is 0 Å². The van der Waals surface area contributed by atoms with Crippen molar-refractivity contribution in [1.82, 2.24) is 0 Å². The van der Waals surface area contributed by atoms with Gasteiger partial charge in [0.25, 0.3) is 0 Å². The van der Waals surface area contributed by atoms with Gasteiger partial charge in [-0.05, 0) is 18.6 Å². The molecule has 5 heteroatoms. The molecule has 17 heavy (non-hydrogen) atoms. The number of anilines is 1. The minimum absolute atomic E-state index is 0.292. The number of alkyl halides is 2. The summed E-state index contributed by atoms with van der Waals surface area (Å²) >= 11 is 11.5. The van der Waals surface area contributed by atoms with Gasteiger partial charge in [-0.15, -0.1) is 23.2 Å². The van der Waals surface area contributed by atoms with Crippen molar-refractivity contribution >= 4 is 34.9 Å². The average Bonchev–Trinajstić information content (AvgIpc) is 2.28. The van der Waals surface area contributed by atoms with Gasteiger partial charge in [0.05, 0.1) is 11.3 Å². The van der Waals surface area contributed by atoms with Crippen LogP contribution in [0.3, 0.4) is 0 Å². The molecule has 0 fully saturated rings. The minimum atomic E-state index is -0.933. The molecule has 0 spiro atoms. The second kappa shape index (κ2) is 6.72. The maximum absolute atomic E-state index is 11.2. The monoisotopic (exact) mass is 275 g/mol. The van der Waals surface area contributed by atoms with Gasteiger partial charge in [0.2, 0.25) is 0 Å². The SMILES string of the molecule is Cc1cccc(C(=O)O)c1N(CCCl)CCCl. The van der Waals surface area contributed by atoms with Crippen LogP contribution in [0.5, 0.6) is 0 Å². The number of para-hydroxylation sites is 1. The fourth-order valence-corrected chi connectivity index (χ4v) is 2.20. The van der Waals surface area contributed by atoms with E-state index in [9.17, 15) is 9.90 Å². The van der Waals surface area contributed by atoms with Gasteiger partial charge in [-0.3, -0.25) is 0 Å². The third-order valence-electron chi connectivity index (χ3n) is 2.49. The van der Waals surface area contributed by atoms with Crippen molar-refractivity contribution in [3.8, 4) is 0 Å². The Bertz CT molecular complexity index is 390. The Hall–Kier alpha value is -0.930. The first-order chi connectivity index (χ1) is 8.11. The van der Waals surface area contributed by atoms with Crippen molar-refractivity contribution in [2.75, 3.05) is 29.7 Å². The highest BCUT2D eigenvalue weighted by Crippen LogP contribution is 2.25. The number of nitrogens with zero attached hydrogens (tertiary/aromatic N) is 1. The van der Waals surface area contributed by atoms with Gasteiger partial charge in [-0.25, -0.2) is 4.79 Å². The molecule has 1 rings (SSSR count). The Labute approximate surface area is 111 Å². The van der Waals surface area contributed by atoms with E-state index < -0.39 is 5.97 Å². The molecule has 0 aliphatic carbocycles. The summed E-state index contributed by atoms with van der Waals surface area (Å²) in [4.78, 5) is 13.1. The lowest BCUT2D eigenvalue weighted by molar-refractivity contribution is 0.0697. The first-order valence-electron chi connectivity index (χ1n) is 5.31. The van der Waals surface area contributed by atoms with Gasteiger partial charge in [0.1, 0.15) is 0 Å². The molecule has 1 N–H and O–H groups in total. The molecular weight excluding hydrogens is 261 g/mol. The second-order valence-electron chi connectivity index (χ2n) is 3.64. The summed E-state index contributed by atoms with van der Waals surface area (Å²) < 4.78 is 0. The van der Waals surface area contributed by atoms with Crippen LogP contribution >= 0.6 is 23.2 Å². The number of rotatable bonds is 6. The van der Waals surface area contributed by atoms with Crippen LogP contribution in [0.4, 0.5) is 5.69 Å². The lowest BCUT2D eigenvalue weighted by Crippen LogP contribution is -2.30. The highest BCUT2D eigenvalue weighted by atomic mass is 35.5. The van der Waals surface area contributed by atoms with Crippen LogP contribution in [0.15, 0.2) is 18.2 Å². The summed E-state index contributed by atoms with van der Waals surface area (Å²) in [6.07, 6.45) is 0. The molecule has 0 aliphatic rings. The lowest BCUT2D eigenvalue weighted by atomic mass is 10.1. The zero-order valence-corrected chi connectivity index (χ0v) is 11.1. The quantitative estimate of drug-likeness (QED) is 0.812. The predicted octanol–water partition coefficient (Wildman–Crippen LogP) is 2.98. The Morgan fingerprint density at radius 2 is 1.88 bits per heavy atom. The molecule has 0 aromatic heterocycles. The number of carboxylic acids is 1. The van der Waals surface area contributed by atoms with Gasteiger partial charge in [-0.1, -0.05) is 12.1 Å².